The highest BCUT2D eigenvalue weighted by Crippen LogP contribution is 2.67. The molecule has 2 heteroatoms. The van der Waals surface area contributed by atoms with Gasteiger partial charge in [-0.05, 0) is 133 Å². The van der Waals surface area contributed by atoms with Gasteiger partial charge in [-0.25, -0.2) is 0 Å². The normalized spacial score (nSPS) is 18.3. The number of hydrogen-bond acceptors (Lipinski definition) is 1. The quantitative estimate of drug-likeness (QED) is 0.151. The standard InChI is InChI=1S/C62H59N2/c1-10-48-46-28-27-41(31-47(46)55-45-26-20-19-25-40(45)29-30-63(55)62(48,11-2)12-3)44-36-53-58-54(37-44)61(8,9)52-35-43(39-23-17-14-18-24-39)33-50-57(52)64(58)56-49(59(50,4)5)32-42(34-51(56)60(53,6)7)38-21-15-13-16-22-38/h13-37,48H,10-12H2,1-9H3/q+1. The van der Waals surface area contributed by atoms with Crippen LogP contribution in [0, 0.1) is 0 Å². The molecule has 8 aromatic rings. The van der Waals surface area contributed by atoms with Crippen LogP contribution in [0.4, 0.5) is 17.1 Å². The third-order valence-electron chi connectivity index (χ3n) is 16.9. The van der Waals surface area contributed by atoms with E-state index in [1.807, 2.05) is 0 Å². The molecule has 0 spiro atoms. The van der Waals surface area contributed by atoms with Crippen molar-refractivity contribution >= 4 is 27.8 Å². The number of nitrogens with zero attached hydrogens (tertiary/aromatic N) is 2. The van der Waals surface area contributed by atoms with Crippen molar-refractivity contribution in [2.75, 3.05) is 4.90 Å². The van der Waals surface area contributed by atoms with Crippen molar-refractivity contribution in [1.29, 1.82) is 0 Å². The Morgan fingerprint density at radius 3 is 1.34 bits per heavy atom. The highest BCUT2D eigenvalue weighted by molar-refractivity contribution is 6.01. The van der Waals surface area contributed by atoms with E-state index < -0.39 is 0 Å². The van der Waals surface area contributed by atoms with E-state index in [0.717, 1.165) is 19.3 Å². The van der Waals surface area contributed by atoms with Gasteiger partial charge in [0.25, 0.3) is 0 Å². The Labute approximate surface area is 380 Å². The summed E-state index contributed by atoms with van der Waals surface area (Å²) in [6, 6.07) is 56.2. The maximum atomic E-state index is 2.72. The van der Waals surface area contributed by atoms with E-state index in [4.69, 9.17) is 0 Å². The lowest BCUT2D eigenvalue weighted by Crippen LogP contribution is -2.62. The van der Waals surface area contributed by atoms with Crippen molar-refractivity contribution in [3.8, 4) is 44.6 Å². The predicted octanol–water partition coefficient (Wildman–Crippen LogP) is 16.2. The molecule has 1 atom stereocenters. The van der Waals surface area contributed by atoms with Gasteiger partial charge in [0.2, 0.25) is 5.69 Å². The summed E-state index contributed by atoms with van der Waals surface area (Å²) in [6.07, 6.45) is 5.69. The molecule has 0 fully saturated rings. The van der Waals surface area contributed by atoms with E-state index >= 15 is 0 Å². The molecule has 0 aliphatic carbocycles. The molecule has 316 valence electrons. The first kappa shape index (κ1) is 39.3. The Bertz CT molecular complexity index is 3120. The number of hydrogen-bond donors (Lipinski definition) is 0. The van der Waals surface area contributed by atoms with Gasteiger partial charge in [0.15, 0.2) is 11.7 Å². The van der Waals surface area contributed by atoms with Crippen LogP contribution < -0.4 is 9.47 Å². The van der Waals surface area contributed by atoms with Crippen molar-refractivity contribution in [3.63, 3.8) is 0 Å². The number of benzene rings is 7. The third kappa shape index (κ3) is 5.00. The minimum absolute atomic E-state index is 0.0192. The molecule has 1 aromatic heterocycles. The zero-order chi connectivity index (χ0) is 44.1. The average Bonchev–Trinajstić information content (AvgIpc) is 3.32. The van der Waals surface area contributed by atoms with Crippen LogP contribution in [0.15, 0.2) is 152 Å². The SMILES string of the molecule is CCC1c2ccc(-c3cc4c5c(c3)C(C)(C)c3cc(-c6ccccc6)cc6c3N5c3c(cc(-c5ccccc5)cc3C4(C)C)C6(C)C)cc2-c2c3ccccc3cc[n+]2C1(CC)CC. The van der Waals surface area contributed by atoms with Gasteiger partial charge in [0, 0.05) is 41.1 Å². The van der Waals surface area contributed by atoms with Gasteiger partial charge in [-0.3, -0.25) is 0 Å². The summed E-state index contributed by atoms with van der Waals surface area (Å²) in [7, 11) is 0. The zero-order valence-electron chi connectivity index (χ0n) is 39.0. The van der Waals surface area contributed by atoms with Crippen molar-refractivity contribution in [2.45, 2.75) is 109 Å². The summed E-state index contributed by atoms with van der Waals surface area (Å²) in [5.74, 6) is 0.421. The van der Waals surface area contributed by atoms with Crippen molar-refractivity contribution in [1.82, 2.24) is 0 Å². The van der Waals surface area contributed by atoms with Crippen LogP contribution >= 0.6 is 0 Å². The second kappa shape index (κ2) is 13.4. The Kier molecular flexibility index (Phi) is 8.24. The van der Waals surface area contributed by atoms with Crippen LogP contribution in [0.3, 0.4) is 0 Å². The lowest BCUT2D eigenvalue weighted by atomic mass is 9.59. The molecule has 7 aromatic carbocycles. The molecule has 4 aliphatic heterocycles. The monoisotopic (exact) mass is 831 g/mol. The highest BCUT2D eigenvalue weighted by Gasteiger charge is 2.54. The molecule has 2 nitrogen and oxygen atoms in total. The molecular weight excluding hydrogens is 773 g/mol. The first-order chi connectivity index (χ1) is 30.8. The van der Waals surface area contributed by atoms with Gasteiger partial charge < -0.3 is 4.90 Å². The number of rotatable bonds is 6. The van der Waals surface area contributed by atoms with E-state index in [1.165, 1.54) is 111 Å². The summed E-state index contributed by atoms with van der Waals surface area (Å²) in [5.41, 5.74) is 23.7. The molecule has 0 bridgehead atoms. The number of fused-ring (bicyclic) bond motifs is 5. The van der Waals surface area contributed by atoms with Crippen molar-refractivity contribution in [2.24, 2.45) is 0 Å². The second-order valence-electron chi connectivity index (χ2n) is 20.9. The molecule has 0 amide bonds. The maximum absolute atomic E-state index is 2.72. The fourth-order valence-corrected chi connectivity index (χ4v) is 13.3. The zero-order valence-corrected chi connectivity index (χ0v) is 39.0. The summed E-state index contributed by atoms with van der Waals surface area (Å²) in [4.78, 5) is 2.72. The van der Waals surface area contributed by atoms with Gasteiger partial charge in [-0.2, -0.15) is 4.57 Å². The van der Waals surface area contributed by atoms with Crippen LogP contribution in [-0.4, -0.2) is 0 Å². The Morgan fingerprint density at radius 2 is 0.891 bits per heavy atom. The molecule has 0 N–H and O–H groups in total. The average molecular weight is 832 g/mol. The van der Waals surface area contributed by atoms with Gasteiger partial charge >= 0.3 is 0 Å². The van der Waals surface area contributed by atoms with Crippen LogP contribution in [0.2, 0.25) is 0 Å². The molecule has 1 unspecified atom stereocenters. The largest absolute Gasteiger partial charge is 0.309 e. The Balaban J connectivity index is 1.16. The lowest BCUT2D eigenvalue weighted by Gasteiger charge is -2.55. The molecule has 12 rings (SSSR count). The summed E-state index contributed by atoms with van der Waals surface area (Å²) < 4.78 is 2.69. The molecule has 0 saturated carbocycles. The molecule has 5 heterocycles. The van der Waals surface area contributed by atoms with Crippen LogP contribution in [0.5, 0.6) is 0 Å². The van der Waals surface area contributed by atoms with E-state index in [0.29, 0.717) is 5.92 Å². The number of pyridine rings is 1. The topological polar surface area (TPSA) is 7.12 Å². The summed E-state index contributed by atoms with van der Waals surface area (Å²) >= 11 is 0. The van der Waals surface area contributed by atoms with E-state index in [1.54, 1.807) is 0 Å². The highest BCUT2D eigenvalue weighted by atomic mass is 15.2. The van der Waals surface area contributed by atoms with E-state index in [-0.39, 0.29) is 21.8 Å². The maximum Gasteiger partial charge on any atom is 0.221 e. The van der Waals surface area contributed by atoms with Gasteiger partial charge in [0.1, 0.15) is 0 Å². The van der Waals surface area contributed by atoms with Crippen LogP contribution in [-0.2, 0) is 21.8 Å². The van der Waals surface area contributed by atoms with Crippen LogP contribution in [0.1, 0.15) is 126 Å². The fourth-order valence-electron chi connectivity index (χ4n) is 13.3. The number of anilines is 3. The fraction of sp³-hybridized carbons (Fsp3) is 0.274. The van der Waals surface area contributed by atoms with Gasteiger partial charge in [-0.1, -0.05) is 153 Å². The second-order valence-corrected chi connectivity index (χ2v) is 20.9. The van der Waals surface area contributed by atoms with Crippen molar-refractivity contribution in [3.05, 3.63) is 191 Å². The smallest absolute Gasteiger partial charge is 0.221 e. The van der Waals surface area contributed by atoms with Crippen molar-refractivity contribution < 1.29 is 4.57 Å². The first-order valence-corrected chi connectivity index (χ1v) is 23.9. The molecule has 4 aliphatic rings. The van der Waals surface area contributed by atoms with Gasteiger partial charge in [0.05, 0.1) is 28.0 Å². The van der Waals surface area contributed by atoms with E-state index in [9.17, 15) is 0 Å². The molecule has 64 heavy (non-hydrogen) atoms. The van der Waals surface area contributed by atoms with Crippen LogP contribution in [0.25, 0.3) is 55.4 Å². The Morgan fingerprint density at radius 1 is 0.453 bits per heavy atom. The first-order valence-electron chi connectivity index (χ1n) is 23.9. The lowest BCUT2D eigenvalue weighted by molar-refractivity contribution is -0.761. The predicted molar refractivity (Wildman–Crippen MR) is 269 cm³/mol. The molecule has 0 saturated heterocycles. The van der Waals surface area contributed by atoms with Gasteiger partial charge in [-0.15, -0.1) is 0 Å². The molecular formula is C62H59N2+. The third-order valence-corrected chi connectivity index (χ3v) is 16.9. The summed E-state index contributed by atoms with van der Waals surface area (Å²) in [5, 5.41) is 2.64. The minimum atomic E-state index is -0.279. The number of aromatic nitrogens is 1. The Hall–Kier alpha value is -6.25. The minimum Gasteiger partial charge on any atom is -0.309 e. The molecule has 0 radical (unpaired) electrons. The van der Waals surface area contributed by atoms with E-state index in [2.05, 4.69) is 224 Å². The summed E-state index contributed by atoms with van der Waals surface area (Å²) in [6.45, 7) is 22.1.